The van der Waals surface area contributed by atoms with E-state index < -0.39 is 5.97 Å². The molecule has 0 aliphatic carbocycles. The average molecular weight is 185 g/mol. The van der Waals surface area contributed by atoms with Gasteiger partial charge in [0, 0.05) is 25.9 Å². The Kier molecular flexibility index (Phi) is 3.28. The molecule has 0 aromatic heterocycles. The first-order valence-corrected chi connectivity index (χ1v) is 4.63. The molecule has 4 nitrogen and oxygen atoms in total. The summed E-state index contributed by atoms with van der Waals surface area (Å²) in [6, 6.07) is 0. The van der Waals surface area contributed by atoms with Crippen LogP contribution in [0.2, 0.25) is 0 Å². The van der Waals surface area contributed by atoms with Gasteiger partial charge in [0.15, 0.2) is 0 Å². The molecule has 0 aromatic rings. The van der Waals surface area contributed by atoms with Crippen LogP contribution in [-0.2, 0) is 9.59 Å². The molecular formula is C9H15NO3. The van der Waals surface area contributed by atoms with Gasteiger partial charge < -0.3 is 10.0 Å². The number of carbonyl (C=O) groups excluding carboxylic acids is 1. The predicted octanol–water partition coefficient (Wildman–Crippen LogP) is 0.720. The van der Waals surface area contributed by atoms with Crippen LogP contribution in [0.1, 0.15) is 26.2 Å². The molecule has 0 aromatic carbocycles. The molecule has 1 rings (SSSR count). The Hall–Kier alpha value is -1.06. The average Bonchev–Trinajstić information content (AvgIpc) is 2.07. The highest BCUT2D eigenvalue weighted by Gasteiger charge is 2.25. The molecule has 0 radical (unpaired) electrons. The van der Waals surface area contributed by atoms with Crippen LogP contribution in [0.4, 0.5) is 0 Å². The first kappa shape index (κ1) is 10.0. The number of carboxylic acids is 1. The number of nitrogens with zero attached hydrogens (tertiary/aromatic N) is 1. The monoisotopic (exact) mass is 185 g/mol. The molecule has 0 saturated carbocycles. The predicted molar refractivity (Wildman–Crippen MR) is 47.2 cm³/mol. The molecular weight excluding hydrogens is 170 g/mol. The minimum absolute atomic E-state index is 0.148. The number of likely N-dealkylation sites (tertiary alicyclic amines) is 1. The van der Waals surface area contributed by atoms with Crippen LogP contribution in [0.5, 0.6) is 0 Å². The maximum Gasteiger partial charge on any atom is 0.303 e. The molecule has 74 valence electrons. The number of hydrogen-bond donors (Lipinski definition) is 1. The van der Waals surface area contributed by atoms with E-state index in [2.05, 4.69) is 0 Å². The highest BCUT2D eigenvalue weighted by atomic mass is 16.4. The maximum atomic E-state index is 11.2. The van der Waals surface area contributed by atoms with E-state index in [1.807, 2.05) is 6.92 Å². The fraction of sp³-hybridized carbons (Fsp3) is 0.778. The molecule has 1 saturated heterocycles. The SMILES string of the molecule is CCN1CC(CC(=O)O)CCC1=O. The fourth-order valence-corrected chi connectivity index (χ4v) is 1.71. The summed E-state index contributed by atoms with van der Waals surface area (Å²) in [7, 11) is 0. The lowest BCUT2D eigenvalue weighted by molar-refractivity contribution is -0.141. The van der Waals surface area contributed by atoms with Crippen molar-refractivity contribution < 1.29 is 14.7 Å². The van der Waals surface area contributed by atoms with E-state index >= 15 is 0 Å². The van der Waals surface area contributed by atoms with Gasteiger partial charge in [-0.15, -0.1) is 0 Å². The number of carboxylic acid groups (broad SMARTS) is 1. The van der Waals surface area contributed by atoms with E-state index in [1.54, 1.807) is 4.90 Å². The van der Waals surface area contributed by atoms with Crippen LogP contribution in [0.3, 0.4) is 0 Å². The number of rotatable bonds is 3. The zero-order valence-corrected chi connectivity index (χ0v) is 7.82. The third-order valence-corrected chi connectivity index (χ3v) is 2.44. The number of carbonyl (C=O) groups is 2. The van der Waals surface area contributed by atoms with Crippen molar-refractivity contribution in [2.24, 2.45) is 5.92 Å². The van der Waals surface area contributed by atoms with Gasteiger partial charge in [0.1, 0.15) is 0 Å². The number of aliphatic carboxylic acids is 1. The second-order valence-corrected chi connectivity index (χ2v) is 3.43. The van der Waals surface area contributed by atoms with E-state index in [0.29, 0.717) is 19.5 Å². The van der Waals surface area contributed by atoms with Gasteiger partial charge in [0.25, 0.3) is 0 Å². The molecule has 1 amide bonds. The molecule has 0 spiro atoms. The zero-order valence-electron chi connectivity index (χ0n) is 7.82. The molecule has 1 aliphatic rings. The first-order chi connectivity index (χ1) is 6.13. The normalized spacial score (nSPS) is 23.3. The van der Waals surface area contributed by atoms with Crippen LogP contribution in [0, 0.1) is 5.92 Å². The standard InChI is InChI=1S/C9H15NO3/c1-2-10-6-7(5-9(12)13)3-4-8(10)11/h7H,2-6H2,1H3,(H,12,13). The van der Waals surface area contributed by atoms with Gasteiger partial charge in [-0.05, 0) is 19.3 Å². The van der Waals surface area contributed by atoms with Crippen LogP contribution < -0.4 is 0 Å². The highest BCUT2D eigenvalue weighted by molar-refractivity contribution is 5.77. The van der Waals surface area contributed by atoms with E-state index in [1.165, 1.54) is 0 Å². The number of piperidine rings is 1. The number of amides is 1. The van der Waals surface area contributed by atoms with Gasteiger partial charge in [0.05, 0.1) is 0 Å². The highest BCUT2D eigenvalue weighted by Crippen LogP contribution is 2.19. The third kappa shape index (κ3) is 2.72. The summed E-state index contributed by atoms with van der Waals surface area (Å²) in [5, 5.41) is 8.59. The minimum Gasteiger partial charge on any atom is -0.481 e. The molecule has 0 bridgehead atoms. The molecule has 1 aliphatic heterocycles. The summed E-state index contributed by atoms with van der Waals surface area (Å²) in [6.45, 7) is 3.22. The van der Waals surface area contributed by atoms with Crippen molar-refractivity contribution >= 4 is 11.9 Å². The van der Waals surface area contributed by atoms with Crippen molar-refractivity contribution in [1.82, 2.24) is 4.90 Å². The van der Waals surface area contributed by atoms with Crippen molar-refractivity contribution in [3.8, 4) is 0 Å². The van der Waals surface area contributed by atoms with Gasteiger partial charge in [-0.25, -0.2) is 0 Å². The van der Waals surface area contributed by atoms with Crippen LogP contribution in [0.25, 0.3) is 0 Å². The van der Waals surface area contributed by atoms with Gasteiger partial charge in [0.2, 0.25) is 5.91 Å². The van der Waals surface area contributed by atoms with Crippen LogP contribution >= 0.6 is 0 Å². The van der Waals surface area contributed by atoms with Gasteiger partial charge >= 0.3 is 5.97 Å². The second kappa shape index (κ2) is 4.25. The van der Waals surface area contributed by atoms with Crippen LogP contribution in [0.15, 0.2) is 0 Å². The maximum absolute atomic E-state index is 11.2. The molecule has 1 heterocycles. The molecule has 1 N–H and O–H groups in total. The van der Waals surface area contributed by atoms with Crippen molar-refractivity contribution in [3.63, 3.8) is 0 Å². The number of hydrogen-bond acceptors (Lipinski definition) is 2. The van der Waals surface area contributed by atoms with Crippen LogP contribution in [-0.4, -0.2) is 35.0 Å². The molecule has 1 atom stereocenters. The molecule has 1 fully saturated rings. The lowest BCUT2D eigenvalue weighted by atomic mass is 9.94. The van der Waals surface area contributed by atoms with Crippen molar-refractivity contribution in [1.29, 1.82) is 0 Å². The molecule has 4 heteroatoms. The summed E-state index contributed by atoms with van der Waals surface area (Å²) in [6.07, 6.45) is 1.41. The van der Waals surface area contributed by atoms with Gasteiger partial charge in [-0.1, -0.05) is 0 Å². The first-order valence-electron chi connectivity index (χ1n) is 4.63. The zero-order chi connectivity index (χ0) is 9.84. The second-order valence-electron chi connectivity index (χ2n) is 3.43. The van der Waals surface area contributed by atoms with Crippen molar-refractivity contribution in [3.05, 3.63) is 0 Å². The lowest BCUT2D eigenvalue weighted by Crippen LogP contribution is -2.40. The van der Waals surface area contributed by atoms with E-state index in [0.717, 1.165) is 6.42 Å². The van der Waals surface area contributed by atoms with Gasteiger partial charge in [-0.2, -0.15) is 0 Å². The smallest absolute Gasteiger partial charge is 0.303 e. The van der Waals surface area contributed by atoms with Gasteiger partial charge in [-0.3, -0.25) is 9.59 Å². The Morgan fingerprint density at radius 2 is 2.38 bits per heavy atom. The summed E-state index contributed by atoms with van der Waals surface area (Å²) in [4.78, 5) is 23.4. The molecule has 13 heavy (non-hydrogen) atoms. The minimum atomic E-state index is -0.768. The summed E-state index contributed by atoms with van der Waals surface area (Å²) < 4.78 is 0. The Morgan fingerprint density at radius 3 is 2.92 bits per heavy atom. The summed E-state index contributed by atoms with van der Waals surface area (Å²) in [5.41, 5.74) is 0. The quantitative estimate of drug-likeness (QED) is 0.704. The Labute approximate surface area is 77.5 Å². The third-order valence-electron chi connectivity index (χ3n) is 2.44. The van der Waals surface area contributed by atoms with Crippen molar-refractivity contribution in [2.45, 2.75) is 26.2 Å². The van der Waals surface area contributed by atoms with E-state index in [9.17, 15) is 9.59 Å². The van der Waals surface area contributed by atoms with E-state index in [4.69, 9.17) is 5.11 Å². The topological polar surface area (TPSA) is 57.6 Å². The van der Waals surface area contributed by atoms with Crippen molar-refractivity contribution in [2.75, 3.05) is 13.1 Å². The molecule has 1 unspecified atom stereocenters. The lowest BCUT2D eigenvalue weighted by Gasteiger charge is -2.30. The Bertz CT molecular complexity index is 215. The summed E-state index contributed by atoms with van der Waals surface area (Å²) in [5.74, 6) is -0.463. The Morgan fingerprint density at radius 1 is 1.69 bits per heavy atom. The summed E-state index contributed by atoms with van der Waals surface area (Å²) >= 11 is 0. The van der Waals surface area contributed by atoms with E-state index in [-0.39, 0.29) is 18.2 Å². The fourth-order valence-electron chi connectivity index (χ4n) is 1.71. The Balaban J connectivity index is 2.44. The largest absolute Gasteiger partial charge is 0.481 e.